The molecule has 3 aliphatic heterocycles. The largest absolute Gasteiger partial charge is 0.466 e. The van der Waals surface area contributed by atoms with Crippen LogP contribution in [0.3, 0.4) is 0 Å². The average Bonchev–Trinajstić information content (AvgIpc) is 0.761. The Morgan fingerprint density at radius 2 is 0.777 bits per heavy atom. The molecular weight excluding hydrogens is 1460 g/mol. The summed E-state index contributed by atoms with van der Waals surface area (Å²) in [5.74, 6) is 2.57. The molecule has 18 heteroatoms. The lowest BCUT2D eigenvalue weighted by Crippen LogP contribution is -2.51. The zero-order valence-electron chi connectivity index (χ0n) is 71.9. The van der Waals surface area contributed by atoms with Gasteiger partial charge in [-0.2, -0.15) is 0 Å². The van der Waals surface area contributed by atoms with Gasteiger partial charge in [0, 0.05) is 119 Å². The number of carbonyl (C=O) groups excluding carboxylic acids is 4. The predicted molar refractivity (Wildman–Crippen MR) is 463 cm³/mol. The second kappa shape index (κ2) is 36.9. The van der Waals surface area contributed by atoms with Crippen LogP contribution in [0.2, 0.25) is 0 Å². The van der Waals surface area contributed by atoms with Gasteiger partial charge in [0.05, 0.1) is 61.1 Å². The van der Waals surface area contributed by atoms with Crippen molar-refractivity contribution in [2.75, 3.05) is 131 Å². The van der Waals surface area contributed by atoms with Crippen molar-refractivity contribution in [2.45, 2.75) is 235 Å². The topological polar surface area (TPSA) is 194 Å². The first-order chi connectivity index (χ1) is 52.5. The third-order valence-electron chi connectivity index (χ3n) is 25.4. The molecule has 6 aliphatic rings. The van der Waals surface area contributed by atoms with Crippen LogP contribution in [-0.4, -0.2) is 181 Å². The number of rotatable bonds is 22. The molecule has 0 spiro atoms. The lowest BCUT2D eigenvalue weighted by atomic mass is 9.63. The number of Topliss-reactive ketones (excluding diaryl/α,β-unsaturated/α-hetero) is 2. The summed E-state index contributed by atoms with van der Waals surface area (Å²) in [6.07, 6.45) is 7.76. The third-order valence-corrected chi connectivity index (χ3v) is 25.9. The maximum absolute atomic E-state index is 12.9. The summed E-state index contributed by atoms with van der Waals surface area (Å²) in [6, 6.07) is 40.0. The number of piperazine rings is 3. The summed E-state index contributed by atoms with van der Waals surface area (Å²) in [5, 5.41) is 23.7. The Morgan fingerprint density at radius 1 is 0.455 bits per heavy atom. The molecule has 112 heavy (non-hydrogen) atoms. The Hall–Kier alpha value is -6.93. The van der Waals surface area contributed by atoms with Crippen LogP contribution >= 0.6 is 15.9 Å². The number of benzene rings is 3. The van der Waals surface area contributed by atoms with Gasteiger partial charge in [0.1, 0.15) is 23.2 Å². The number of aliphatic hydroxyl groups excluding tert-OH is 2. The third kappa shape index (κ3) is 22.4. The number of esters is 2. The van der Waals surface area contributed by atoms with Gasteiger partial charge in [-0.25, -0.2) is 15.0 Å². The van der Waals surface area contributed by atoms with Crippen LogP contribution in [0.5, 0.6) is 0 Å². The van der Waals surface area contributed by atoms with E-state index in [-0.39, 0.29) is 86.2 Å². The second-order valence-electron chi connectivity index (χ2n) is 38.2. The number of anilines is 3. The minimum atomic E-state index is -0.724. The SMILES string of the molecule is CC1(C)CCC(C)(C)c2cc(-c3cccc(N4CCN(CC(O)C(C)(C)CCO)CC4)n3)ccc21.CC1(C)CCC(C)(C)c2cc(-c3cccc(N4CCNCC4)n3)ccc21.CCOC(=O)CC(C)(C)C(=O)CBr.CCOC(=O)CC(C)(C)C(=O)CN1CCN(c2cccc(-c3ccc4c(c3)C(C)(C)CCC4(C)C)n2)CC1. The van der Waals surface area contributed by atoms with Gasteiger partial charge in [-0.1, -0.05) is 195 Å². The fourth-order valence-corrected chi connectivity index (χ4v) is 17.4. The number of pyridine rings is 3. The van der Waals surface area contributed by atoms with Gasteiger partial charge in [0.2, 0.25) is 0 Å². The van der Waals surface area contributed by atoms with Crippen LogP contribution in [-0.2, 0) is 61.1 Å². The minimum absolute atomic E-state index is 0.0144. The number of halogens is 1. The van der Waals surface area contributed by atoms with Crippen molar-refractivity contribution in [1.29, 1.82) is 0 Å². The van der Waals surface area contributed by atoms with Crippen LogP contribution in [0.25, 0.3) is 33.8 Å². The number of fused-ring (bicyclic) bond motifs is 3. The van der Waals surface area contributed by atoms with Crippen molar-refractivity contribution in [1.82, 2.24) is 30.1 Å². The standard InChI is InChI=1S/C32H45N3O3.C30H45N3O2.C23H31N3.C9H15BrO3/c1-8-38-29(37)21-32(6,7)27(36)22-34-16-18-35(19-17-34)28-11-9-10-26(33-28)23-12-13-24-25(20-23)31(4,5)15-14-30(24,2)3;1-28(2)12-13-29(3,4)24-20-22(10-11-23(24)28)25-8-7-9-27(31-25)33-17-15-32(16-18-33)21-26(35)30(5,6)14-19-34;1-22(2)10-11-23(3,4)19-16-17(8-9-18(19)22)20-6-5-7-21(25-20)26-14-12-24-13-15-26;1-4-13-8(12)5-9(2,3)7(11)6-10/h9-13,20H,8,14-19,21-22H2,1-7H3;7-11,20,26,34-35H,12-19,21H2,1-6H3;5-9,16,24H,10-15H2,1-4H3;4-6H2,1-3H3. The zero-order chi connectivity index (χ0) is 82.0. The number of carbonyl (C=O) groups is 4. The van der Waals surface area contributed by atoms with Gasteiger partial charge in [0.25, 0.3) is 0 Å². The highest BCUT2D eigenvalue weighted by Gasteiger charge is 2.41. The highest BCUT2D eigenvalue weighted by Crippen LogP contribution is 2.50. The van der Waals surface area contributed by atoms with Crippen LogP contribution in [0.4, 0.5) is 17.5 Å². The predicted octanol–water partition coefficient (Wildman–Crippen LogP) is 17.2. The molecular formula is C94H136BrN9O8. The summed E-state index contributed by atoms with van der Waals surface area (Å²) in [7, 11) is 0. The fraction of sp³-hybridized carbons (Fsp3) is 0.606. The average molecular weight is 1600 g/mol. The van der Waals surface area contributed by atoms with E-state index in [2.05, 4.69) is 238 Å². The van der Waals surface area contributed by atoms with Gasteiger partial charge >= 0.3 is 11.9 Å². The summed E-state index contributed by atoms with van der Waals surface area (Å²) >= 11 is 3.08. The molecule has 3 saturated heterocycles. The molecule has 3 aromatic heterocycles. The summed E-state index contributed by atoms with van der Waals surface area (Å²) in [5.41, 5.74) is 15.2. The Labute approximate surface area is 680 Å². The van der Waals surface area contributed by atoms with E-state index in [0.29, 0.717) is 32.7 Å². The number of β-amino-alcohol motifs (C(OH)–C–C–N with tert-alkyl or cyclic N) is 1. The summed E-state index contributed by atoms with van der Waals surface area (Å²) < 4.78 is 9.82. The number of aliphatic hydroxyl groups is 2. The van der Waals surface area contributed by atoms with Crippen LogP contribution in [0.15, 0.2) is 109 Å². The number of hydrogen-bond acceptors (Lipinski definition) is 17. The highest BCUT2D eigenvalue weighted by molar-refractivity contribution is 9.09. The highest BCUT2D eigenvalue weighted by atomic mass is 79.9. The zero-order valence-corrected chi connectivity index (χ0v) is 73.4. The molecule has 12 rings (SSSR count). The van der Waals surface area contributed by atoms with Gasteiger partial charge in [-0.3, -0.25) is 29.0 Å². The lowest BCUT2D eigenvalue weighted by molar-refractivity contribution is -0.148. The van der Waals surface area contributed by atoms with Crippen molar-refractivity contribution >= 4 is 56.9 Å². The van der Waals surface area contributed by atoms with Crippen molar-refractivity contribution in [3.63, 3.8) is 0 Å². The van der Waals surface area contributed by atoms with Gasteiger partial charge < -0.3 is 39.7 Å². The molecule has 612 valence electrons. The normalized spacial score (nSPS) is 19.3. The maximum atomic E-state index is 12.9. The van der Waals surface area contributed by atoms with E-state index in [1.54, 1.807) is 27.7 Å². The number of hydrogen-bond donors (Lipinski definition) is 3. The van der Waals surface area contributed by atoms with E-state index < -0.39 is 16.9 Å². The summed E-state index contributed by atoms with van der Waals surface area (Å²) in [4.78, 5) is 74.0. The first kappa shape index (κ1) is 89.0. The molecule has 3 aliphatic carbocycles. The molecule has 3 fully saturated rings. The van der Waals surface area contributed by atoms with E-state index in [4.69, 9.17) is 24.4 Å². The van der Waals surface area contributed by atoms with E-state index in [1.165, 1.54) is 88.6 Å². The molecule has 0 bridgehead atoms. The summed E-state index contributed by atoms with van der Waals surface area (Å²) in [6.45, 7) is 55.9. The Balaban J connectivity index is 0.000000181. The molecule has 17 nitrogen and oxygen atoms in total. The molecule has 1 atom stereocenters. The van der Waals surface area contributed by atoms with Crippen molar-refractivity contribution < 1.29 is 38.9 Å². The minimum Gasteiger partial charge on any atom is -0.466 e. The van der Waals surface area contributed by atoms with Crippen LogP contribution in [0, 0.1) is 16.2 Å². The number of nitrogens with zero attached hydrogens (tertiary/aromatic N) is 8. The molecule has 0 radical (unpaired) electrons. The van der Waals surface area contributed by atoms with Crippen molar-refractivity contribution in [2.24, 2.45) is 16.2 Å². The van der Waals surface area contributed by atoms with Crippen molar-refractivity contribution in [3.8, 4) is 33.8 Å². The molecule has 3 aromatic carbocycles. The molecule has 0 saturated carbocycles. The molecule has 0 amide bonds. The number of nitrogens with one attached hydrogen (secondary N) is 1. The van der Waals surface area contributed by atoms with Gasteiger partial charge in [-0.15, -0.1) is 0 Å². The van der Waals surface area contributed by atoms with Crippen LogP contribution < -0.4 is 20.0 Å². The van der Waals surface area contributed by atoms with E-state index >= 15 is 0 Å². The van der Waals surface area contributed by atoms with E-state index in [1.807, 2.05) is 27.7 Å². The van der Waals surface area contributed by atoms with Crippen molar-refractivity contribution in [3.05, 3.63) is 143 Å². The quantitative estimate of drug-likeness (QED) is 0.0429. The molecule has 1 unspecified atom stereocenters. The first-order valence-corrected chi connectivity index (χ1v) is 42.7. The van der Waals surface area contributed by atoms with Gasteiger partial charge in [0.15, 0.2) is 5.78 Å². The first-order valence-electron chi connectivity index (χ1n) is 41.6. The fourth-order valence-electron chi connectivity index (χ4n) is 16.6. The number of aromatic nitrogens is 3. The molecule has 6 aromatic rings. The number of alkyl halides is 1. The van der Waals surface area contributed by atoms with E-state index in [9.17, 15) is 29.4 Å². The Bertz CT molecular complexity index is 4190. The monoisotopic (exact) mass is 1600 g/mol. The Morgan fingerprint density at radius 3 is 1.11 bits per heavy atom. The number of ketones is 2. The van der Waals surface area contributed by atoms with Gasteiger partial charge in [-0.05, 0) is 185 Å². The molecule has 6 heterocycles. The second-order valence-corrected chi connectivity index (χ2v) is 38.8. The Kier molecular flexibility index (Phi) is 29.3. The number of ether oxygens (including phenoxy) is 2. The lowest BCUT2D eigenvalue weighted by Gasteiger charge is -2.42. The van der Waals surface area contributed by atoms with E-state index in [0.717, 1.165) is 113 Å². The smallest absolute Gasteiger partial charge is 0.306 e. The van der Waals surface area contributed by atoms with Crippen LogP contribution in [0.1, 0.15) is 230 Å². The maximum Gasteiger partial charge on any atom is 0.306 e. The molecule has 3 N–H and O–H groups in total.